The Morgan fingerprint density at radius 1 is 1.11 bits per heavy atom. The molecule has 1 fully saturated rings. The van der Waals surface area contributed by atoms with E-state index < -0.39 is 0 Å². The summed E-state index contributed by atoms with van der Waals surface area (Å²) in [5.41, 5.74) is 1.37. The van der Waals surface area contributed by atoms with Crippen molar-refractivity contribution in [2.75, 3.05) is 0 Å². The molecule has 0 heterocycles. The van der Waals surface area contributed by atoms with Crippen molar-refractivity contribution in [1.82, 2.24) is 5.32 Å². The van der Waals surface area contributed by atoms with Gasteiger partial charge in [-0.1, -0.05) is 33.8 Å². The first-order valence-corrected chi connectivity index (χ1v) is 6.46. The summed E-state index contributed by atoms with van der Waals surface area (Å²) in [5, 5.41) is 22.7. The third-order valence-corrected chi connectivity index (χ3v) is 4.92. The largest absolute Gasteiger partial charge is 0.508 e. The standard InChI is InChI=1S/C15H23NO2/c1-9(11-7-6-10(17)8-12(11)18)16-13-14(2,3)15(13,4)5/h6-9,13,16-18H,1-5H3. The van der Waals surface area contributed by atoms with Gasteiger partial charge < -0.3 is 15.5 Å². The van der Waals surface area contributed by atoms with Crippen LogP contribution in [0, 0.1) is 10.8 Å². The first-order valence-electron chi connectivity index (χ1n) is 6.46. The van der Waals surface area contributed by atoms with E-state index in [9.17, 15) is 10.2 Å². The molecule has 0 spiro atoms. The van der Waals surface area contributed by atoms with Crippen molar-refractivity contribution in [3.8, 4) is 11.5 Å². The quantitative estimate of drug-likeness (QED) is 0.771. The molecule has 0 amide bonds. The molecular weight excluding hydrogens is 226 g/mol. The maximum absolute atomic E-state index is 9.86. The minimum absolute atomic E-state index is 0.0663. The van der Waals surface area contributed by atoms with E-state index in [2.05, 4.69) is 33.0 Å². The van der Waals surface area contributed by atoms with Gasteiger partial charge in [0.05, 0.1) is 0 Å². The molecule has 100 valence electrons. The maximum atomic E-state index is 9.86. The molecule has 0 bridgehead atoms. The Morgan fingerprint density at radius 3 is 2.11 bits per heavy atom. The van der Waals surface area contributed by atoms with Crippen LogP contribution in [-0.2, 0) is 0 Å². The third kappa shape index (κ3) is 1.87. The summed E-state index contributed by atoms with van der Waals surface area (Å²) in [4.78, 5) is 0. The van der Waals surface area contributed by atoms with E-state index in [4.69, 9.17) is 0 Å². The molecule has 3 heteroatoms. The van der Waals surface area contributed by atoms with Crippen molar-refractivity contribution >= 4 is 0 Å². The Balaban J connectivity index is 2.12. The number of aromatic hydroxyl groups is 2. The van der Waals surface area contributed by atoms with Gasteiger partial charge in [-0.2, -0.15) is 0 Å². The fraction of sp³-hybridized carbons (Fsp3) is 0.600. The predicted octanol–water partition coefficient (Wildman–Crippen LogP) is 3.18. The van der Waals surface area contributed by atoms with Gasteiger partial charge in [0.25, 0.3) is 0 Å². The highest BCUT2D eigenvalue weighted by Gasteiger charge is 2.64. The van der Waals surface area contributed by atoms with E-state index in [1.165, 1.54) is 6.07 Å². The highest BCUT2D eigenvalue weighted by molar-refractivity contribution is 5.41. The summed E-state index contributed by atoms with van der Waals surface area (Å²) >= 11 is 0. The summed E-state index contributed by atoms with van der Waals surface area (Å²) < 4.78 is 0. The van der Waals surface area contributed by atoms with Crippen molar-refractivity contribution in [1.29, 1.82) is 0 Å². The Kier molecular flexibility index (Phi) is 2.85. The highest BCUT2D eigenvalue weighted by atomic mass is 16.3. The molecule has 0 aromatic heterocycles. The van der Waals surface area contributed by atoms with Gasteiger partial charge in [-0.25, -0.2) is 0 Å². The van der Waals surface area contributed by atoms with Crippen LogP contribution in [-0.4, -0.2) is 16.3 Å². The number of benzene rings is 1. The zero-order valence-corrected chi connectivity index (χ0v) is 11.8. The van der Waals surface area contributed by atoms with E-state index in [1.807, 2.05) is 6.92 Å². The first kappa shape index (κ1) is 13.2. The molecule has 0 saturated heterocycles. The van der Waals surface area contributed by atoms with Crippen LogP contribution < -0.4 is 5.32 Å². The van der Waals surface area contributed by atoms with Crippen LogP contribution in [0.15, 0.2) is 18.2 Å². The Labute approximate surface area is 109 Å². The monoisotopic (exact) mass is 249 g/mol. The summed E-state index contributed by atoms with van der Waals surface area (Å²) in [5.74, 6) is 0.238. The van der Waals surface area contributed by atoms with E-state index >= 15 is 0 Å². The average molecular weight is 249 g/mol. The Morgan fingerprint density at radius 2 is 1.67 bits per heavy atom. The van der Waals surface area contributed by atoms with Gasteiger partial charge >= 0.3 is 0 Å². The number of phenols is 2. The molecule has 1 atom stereocenters. The fourth-order valence-electron chi connectivity index (χ4n) is 2.85. The molecule has 1 aliphatic rings. The minimum atomic E-state index is 0.0663. The predicted molar refractivity (Wildman–Crippen MR) is 72.7 cm³/mol. The molecule has 1 saturated carbocycles. The number of rotatable bonds is 3. The summed E-state index contributed by atoms with van der Waals surface area (Å²) in [7, 11) is 0. The van der Waals surface area contributed by atoms with Crippen LogP contribution in [0.3, 0.4) is 0 Å². The van der Waals surface area contributed by atoms with Gasteiger partial charge in [0, 0.05) is 23.7 Å². The van der Waals surface area contributed by atoms with E-state index in [-0.39, 0.29) is 28.4 Å². The molecule has 2 rings (SSSR count). The minimum Gasteiger partial charge on any atom is -0.508 e. The molecule has 1 unspecified atom stereocenters. The van der Waals surface area contributed by atoms with E-state index in [1.54, 1.807) is 12.1 Å². The molecular formula is C15H23NO2. The lowest BCUT2D eigenvalue weighted by atomic mass is 10.0. The second-order valence-electron chi connectivity index (χ2n) is 6.51. The van der Waals surface area contributed by atoms with Crippen LogP contribution >= 0.6 is 0 Å². The summed E-state index contributed by atoms with van der Waals surface area (Å²) in [6, 6.07) is 5.27. The third-order valence-electron chi connectivity index (χ3n) is 4.92. The van der Waals surface area contributed by atoms with Gasteiger partial charge in [0.2, 0.25) is 0 Å². The lowest BCUT2D eigenvalue weighted by Gasteiger charge is -2.17. The van der Waals surface area contributed by atoms with Crippen molar-refractivity contribution in [2.45, 2.75) is 46.7 Å². The zero-order chi connectivity index (χ0) is 13.7. The second-order valence-corrected chi connectivity index (χ2v) is 6.51. The number of hydrogen-bond donors (Lipinski definition) is 3. The Hall–Kier alpha value is -1.22. The normalized spacial score (nSPS) is 22.7. The van der Waals surface area contributed by atoms with Crippen LogP contribution in [0.1, 0.15) is 46.2 Å². The van der Waals surface area contributed by atoms with E-state index in [0.29, 0.717) is 6.04 Å². The topological polar surface area (TPSA) is 52.5 Å². The first-order chi connectivity index (χ1) is 8.18. The lowest BCUT2D eigenvalue weighted by Crippen LogP contribution is -2.25. The average Bonchev–Trinajstić information content (AvgIpc) is 2.60. The molecule has 18 heavy (non-hydrogen) atoms. The van der Waals surface area contributed by atoms with Gasteiger partial charge in [0.1, 0.15) is 11.5 Å². The molecule has 1 aliphatic carbocycles. The molecule has 0 radical (unpaired) electrons. The molecule has 1 aromatic carbocycles. The SMILES string of the molecule is CC(NC1C(C)(C)C1(C)C)c1ccc(O)cc1O. The Bertz CT molecular complexity index is 452. The van der Waals surface area contributed by atoms with Crippen LogP contribution in [0.5, 0.6) is 11.5 Å². The number of nitrogens with one attached hydrogen (secondary N) is 1. The molecule has 3 nitrogen and oxygen atoms in total. The molecule has 0 aliphatic heterocycles. The molecule has 1 aromatic rings. The fourth-order valence-corrected chi connectivity index (χ4v) is 2.85. The maximum Gasteiger partial charge on any atom is 0.124 e. The van der Waals surface area contributed by atoms with E-state index in [0.717, 1.165) is 5.56 Å². The number of phenolic OH excluding ortho intramolecular Hbond substituents is 2. The van der Waals surface area contributed by atoms with Crippen molar-refractivity contribution in [2.24, 2.45) is 10.8 Å². The van der Waals surface area contributed by atoms with Crippen molar-refractivity contribution < 1.29 is 10.2 Å². The lowest BCUT2D eigenvalue weighted by molar-refractivity contribution is 0.428. The number of hydrogen-bond acceptors (Lipinski definition) is 3. The van der Waals surface area contributed by atoms with Gasteiger partial charge in [-0.15, -0.1) is 0 Å². The van der Waals surface area contributed by atoms with Crippen LogP contribution in [0.4, 0.5) is 0 Å². The van der Waals surface area contributed by atoms with Crippen LogP contribution in [0.2, 0.25) is 0 Å². The van der Waals surface area contributed by atoms with Crippen molar-refractivity contribution in [3.05, 3.63) is 23.8 Å². The van der Waals surface area contributed by atoms with Crippen LogP contribution in [0.25, 0.3) is 0 Å². The zero-order valence-electron chi connectivity index (χ0n) is 11.8. The van der Waals surface area contributed by atoms with Gasteiger partial charge in [0.15, 0.2) is 0 Å². The van der Waals surface area contributed by atoms with Crippen molar-refractivity contribution in [3.63, 3.8) is 0 Å². The summed E-state index contributed by atoms with van der Waals surface area (Å²) in [6.07, 6.45) is 0. The highest BCUT2D eigenvalue weighted by Crippen LogP contribution is 2.63. The molecule has 3 N–H and O–H groups in total. The smallest absolute Gasteiger partial charge is 0.124 e. The van der Waals surface area contributed by atoms with Gasteiger partial charge in [-0.05, 0) is 23.8 Å². The second kappa shape index (κ2) is 3.89. The van der Waals surface area contributed by atoms with Gasteiger partial charge in [-0.3, -0.25) is 0 Å². The summed E-state index contributed by atoms with van der Waals surface area (Å²) in [6.45, 7) is 11.1.